The van der Waals surface area contributed by atoms with Crippen LogP contribution in [0, 0.1) is 5.92 Å². The predicted octanol–water partition coefficient (Wildman–Crippen LogP) is 2.46. The lowest BCUT2D eigenvalue weighted by atomic mass is 9.82. The molecule has 1 amide bonds. The molecule has 1 spiro atoms. The average Bonchev–Trinajstić information content (AvgIpc) is 2.91. The maximum absolute atomic E-state index is 13.2. The number of imidazole rings is 1. The van der Waals surface area contributed by atoms with Crippen molar-refractivity contribution in [3.63, 3.8) is 0 Å². The van der Waals surface area contributed by atoms with Gasteiger partial charge in [-0.3, -0.25) is 4.79 Å². The Morgan fingerprint density at radius 1 is 1.33 bits per heavy atom. The monoisotopic (exact) mass is 374 g/mol. The topological polar surface area (TPSA) is 59.4 Å². The van der Waals surface area contributed by atoms with Crippen molar-refractivity contribution in [3.05, 3.63) is 17.7 Å². The summed E-state index contributed by atoms with van der Waals surface area (Å²) in [4.78, 5) is 20.2. The van der Waals surface area contributed by atoms with Crippen molar-refractivity contribution in [3.8, 4) is 0 Å². The predicted molar refractivity (Wildman–Crippen MR) is 104 cm³/mol. The van der Waals surface area contributed by atoms with Crippen LogP contribution in [-0.2, 0) is 28.0 Å². The highest BCUT2D eigenvalue weighted by atomic mass is 16.5. The van der Waals surface area contributed by atoms with E-state index in [4.69, 9.17) is 9.72 Å². The van der Waals surface area contributed by atoms with Crippen LogP contribution in [0.5, 0.6) is 0 Å². The molecule has 2 saturated heterocycles. The lowest BCUT2D eigenvalue weighted by Crippen LogP contribution is -2.51. The normalized spacial score (nSPS) is 25.4. The Hall–Kier alpha value is -1.40. The Morgan fingerprint density at radius 2 is 2.15 bits per heavy atom. The summed E-state index contributed by atoms with van der Waals surface area (Å²) < 4.78 is 7.70. The van der Waals surface area contributed by atoms with Crippen LogP contribution in [-0.4, -0.2) is 52.7 Å². The molecule has 150 valence electrons. The number of hydrogen-bond acceptors (Lipinski definition) is 4. The van der Waals surface area contributed by atoms with Crippen LogP contribution >= 0.6 is 0 Å². The smallest absolute Gasteiger partial charge is 0.242 e. The molecule has 3 aliphatic heterocycles. The van der Waals surface area contributed by atoms with Crippen molar-refractivity contribution in [1.82, 2.24) is 19.8 Å². The SMILES string of the molecule is CC(C)C1CCCCCN1C(=O)Cn1cnc2c1CCNC21CCOCC1. The molecule has 6 nitrogen and oxygen atoms in total. The second-order valence-electron chi connectivity index (χ2n) is 8.79. The van der Waals surface area contributed by atoms with Crippen LogP contribution in [0.4, 0.5) is 0 Å². The Balaban J connectivity index is 1.54. The van der Waals surface area contributed by atoms with Gasteiger partial charge in [0.1, 0.15) is 6.54 Å². The number of carbonyl (C=O) groups is 1. The van der Waals surface area contributed by atoms with Crippen LogP contribution in [0.1, 0.15) is 63.8 Å². The Kier molecular flexibility index (Phi) is 5.55. The minimum absolute atomic E-state index is 0.0524. The quantitative estimate of drug-likeness (QED) is 0.883. The molecule has 1 aromatic rings. The van der Waals surface area contributed by atoms with E-state index < -0.39 is 0 Å². The Morgan fingerprint density at radius 3 is 2.93 bits per heavy atom. The Bertz CT molecular complexity index is 663. The van der Waals surface area contributed by atoms with E-state index in [1.54, 1.807) is 0 Å². The lowest BCUT2D eigenvalue weighted by molar-refractivity contribution is -0.135. The fourth-order valence-corrected chi connectivity index (χ4v) is 5.22. The molecule has 1 N–H and O–H groups in total. The molecule has 4 heterocycles. The largest absolute Gasteiger partial charge is 0.381 e. The van der Waals surface area contributed by atoms with Crippen molar-refractivity contribution in [2.24, 2.45) is 5.92 Å². The van der Waals surface area contributed by atoms with E-state index in [0.717, 1.165) is 64.1 Å². The Labute approximate surface area is 162 Å². The standard InChI is InChI=1S/C21H34N4O2/c1-16(2)17-6-4-3-5-11-25(17)19(26)14-24-15-22-20-18(24)7-10-23-21(20)8-12-27-13-9-21/h15-17,23H,3-14H2,1-2H3. The first-order chi connectivity index (χ1) is 13.1. The summed E-state index contributed by atoms with van der Waals surface area (Å²) in [7, 11) is 0. The third kappa shape index (κ3) is 3.66. The summed E-state index contributed by atoms with van der Waals surface area (Å²) in [6, 6.07) is 0.378. The fourth-order valence-electron chi connectivity index (χ4n) is 5.22. The maximum Gasteiger partial charge on any atom is 0.242 e. The highest BCUT2D eigenvalue weighted by Gasteiger charge is 2.41. The van der Waals surface area contributed by atoms with E-state index in [2.05, 4.69) is 28.6 Å². The minimum atomic E-state index is -0.0524. The van der Waals surface area contributed by atoms with E-state index >= 15 is 0 Å². The van der Waals surface area contributed by atoms with Crippen LogP contribution < -0.4 is 5.32 Å². The molecule has 3 aliphatic rings. The molecule has 27 heavy (non-hydrogen) atoms. The van der Waals surface area contributed by atoms with Gasteiger partial charge < -0.3 is 19.5 Å². The lowest BCUT2D eigenvalue weighted by Gasteiger charge is -2.40. The number of fused-ring (bicyclic) bond motifs is 2. The molecule has 1 aromatic heterocycles. The first-order valence-electron chi connectivity index (χ1n) is 10.8. The summed E-state index contributed by atoms with van der Waals surface area (Å²) in [6.07, 6.45) is 9.52. The maximum atomic E-state index is 13.2. The van der Waals surface area contributed by atoms with Gasteiger partial charge in [-0.25, -0.2) is 4.98 Å². The van der Waals surface area contributed by atoms with Gasteiger partial charge in [0, 0.05) is 44.5 Å². The van der Waals surface area contributed by atoms with Gasteiger partial charge in [0.25, 0.3) is 0 Å². The van der Waals surface area contributed by atoms with E-state index in [1.165, 1.54) is 18.5 Å². The number of aromatic nitrogens is 2. The van der Waals surface area contributed by atoms with Crippen LogP contribution in [0.15, 0.2) is 6.33 Å². The van der Waals surface area contributed by atoms with Gasteiger partial charge in [-0.15, -0.1) is 0 Å². The molecular formula is C21H34N4O2. The van der Waals surface area contributed by atoms with Crippen LogP contribution in [0.3, 0.4) is 0 Å². The number of nitrogens with one attached hydrogen (secondary N) is 1. The molecule has 1 unspecified atom stereocenters. The molecule has 1 atom stereocenters. The van der Waals surface area contributed by atoms with Gasteiger partial charge in [0.05, 0.1) is 17.6 Å². The zero-order valence-corrected chi connectivity index (χ0v) is 16.9. The molecule has 2 fully saturated rings. The number of nitrogens with zero attached hydrogens (tertiary/aromatic N) is 3. The first kappa shape index (κ1) is 18.9. The molecule has 0 aromatic carbocycles. The molecule has 6 heteroatoms. The van der Waals surface area contributed by atoms with E-state index in [0.29, 0.717) is 18.5 Å². The van der Waals surface area contributed by atoms with Gasteiger partial charge in [-0.1, -0.05) is 26.7 Å². The molecule has 0 saturated carbocycles. The van der Waals surface area contributed by atoms with E-state index in [1.807, 2.05) is 6.33 Å². The zero-order chi connectivity index (χ0) is 18.9. The summed E-state index contributed by atoms with van der Waals surface area (Å²) in [5.41, 5.74) is 2.35. The van der Waals surface area contributed by atoms with Crippen molar-refractivity contribution in [2.45, 2.75) is 76.9 Å². The van der Waals surface area contributed by atoms with Crippen molar-refractivity contribution in [1.29, 1.82) is 0 Å². The molecular weight excluding hydrogens is 340 g/mol. The van der Waals surface area contributed by atoms with Crippen LogP contribution in [0.25, 0.3) is 0 Å². The number of likely N-dealkylation sites (tertiary alicyclic amines) is 1. The number of carbonyl (C=O) groups excluding carboxylic acids is 1. The first-order valence-corrected chi connectivity index (χ1v) is 10.8. The van der Waals surface area contributed by atoms with E-state index in [9.17, 15) is 4.79 Å². The molecule has 4 rings (SSSR count). The average molecular weight is 375 g/mol. The summed E-state index contributed by atoms with van der Waals surface area (Å²) >= 11 is 0. The van der Waals surface area contributed by atoms with Gasteiger partial charge in [0.2, 0.25) is 5.91 Å². The second-order valence-corrected chi connectivity index (χ2v) is 8.79. The van der Waals surface area contributed by atoms with Gasteiger partial charge >= 0.3 is 0 Å². The van der Waals surface area contributed by atoms with Crippen molar-refractivity contribution >= 4 is 5.91 Å². The molecule has 0 aliphatic carbocycles. The third-order valence-corrected chi connectivity index (χ3v) is 6.77. The number of ether oxygens (including phenoxy) is 1. The van der Waals surface area contributed by atoms with Crippen molar-refractivity contribution in [2.75, 3.05) is 26.3 Å². The minimum Gasteiger partial charge on any atom is -0.381 e. The highest BCUT2D eigenvalue weighted by Crippen LogP contribution is 2.36. The highest BCUT2D eigenvalue weighted by molar-refractivity contribution is 5.76. The third-order valence-electron chi connectivity index (χ3n) is 6.77. The van der Waals surface area contributed by atoms with Gasteiger partial charge in [-0.2, -0.15) is 0 Å². The number of rotatable bonds is 3. The van der Waals surface area contributed by atoms with Crippen LogP contribution in [0.2, 0.25) is 0 Å². The van der Waals surface area contributed by atoms with Gasteiger partial charge in [-0.05, 0) is 31.6 Å². The fraction of sp³-hybridized carbons (Fsp3) is 0.810. The number of hydrogen-bond donors (Lipinski definition) is 1. The molecule has 0 radical (unpaired) electrons. The molecule has 0 bridgehead atoms. The summed E-state index contributed by atoms with van der Waals surface area (Å²) in [6.45, 7) is 8.33. The second kappa shape index (κ2) is 7.92. The summed E-state index contributed by atoms with van der Waals surface area (Å²) in [5.74, 6) is 0.772. The number of amides is 1. The van der Waals surface area contributed by atoms with Gasteiger partial charge in [0.15, 0.2) is 0 Å². The van der Waals surface area contributed by atoms with E-state index in [-0.39, 0.29) is 11.4 Å². The summed E-state index contributed by atoms with van der Waals surface area (Å²) in [5, 5.41) is 3.70. The van der Waals surface area contributed by atoms with Crippen molar-refractivity contribution < 1.29 is 9.53 Å². The zero-order valence-electron chi connectivity index (χ0n) is 16.9.